The van der Waals surface area contributed by atoms with Crippen molar-refractivity contribution in [1.82, 2.24) is 5.32 Å². The van der Waals surface area contributed by atoms with Crippen LogP contribution in [0.2, 0.25) is 0 Å². The molecule has 0 radical (unpaired) electrons. The molecule has 1 atom stereocenters. The Labute approximate surface area is 119 Å². The molecule has 0 aromatic heterocycles. The topological polar surface area (TPSA) is 47.6 Å². The molecule has 4 nitrogen and oxygen atoms in total. The third-order valence-electron chi connectivity index (χ3n) is 2.39. The first-order chi connectivity index (χ1) is 8.58. The number of ether oxygens (including phenoxy) is 2. The van der Waals surface area contributed by atoms with Gasteiger partial charge in [-0.05, 0) is 33.6 Å². The minimum absolute atomic E-state index is 0.661. The molecule has 0 saturated carbocycles. The Morgan fingerprint density at radius 3 is 2.61 bits per heavy atom. The normalized spacial score (nSPS) is 12.2. The fourth-order valence-corrected chi connectivity index (χ4v) is 2.61. The number of methoxy groups -OCH3 is 2. The monoisotopic (exact) mass is 335 g/mol. The van der Waals surface area contributed by atoms with Gasteiger partial charge in [-0.1, -0.05) is 0 Å². The van der Waals surface area contributed by atoms with E-state index in [9.17, 15) is 4.21 Å². The summed E-state index contributed by atoms with van der Waals surface area (Å²) in [5.41, 5.74) is 1.08. The Hall–Kier alpha value is -0.590. The average molecular weight is 336 g/mol. The highest BCUT2D eigenvalue weighted by Crippen LogP contribution is 2.36. The van der Waals surface area contributed by atoms with Crippen LogP contribution in [0, 0.1) is 0 Å². The largest absolute Gasteiger partial charge is 0.493 e. The van der Waals surface area contributed by atoms with Gasteiger partial charge >= 0.3 is 0 Å². The Morgan fingerprint density at radius 2 is 2.06 bits per heavy atom. The zero-order chi connectivity index (χ0) is 13.5. The van der Waals surface area contributed by atoms with Crippen molar-refractivity contribution in [3.05, 3.63) is 22.2 Å². The van der Waals surface area contributed by atoms with Gasteiger partial charge in [-0.3, -0.25) is 4.21 Å². The molecular weight excluding hydrogens is 318 g/mol. The van der Waals surface area contributed by atoms with Crippen LogP contribution in [0.5, 0.6) is 11.5 Å². The lowest BCUT2D eigenvalue weighted by Gasteiger charge is -2.12. The number of halogens is 1. The number of nitrogens with one attached hydrogen (secondary N) is 1. The van der Waals surface area contributed by atoms with Gasteiger partial charge in [-0.2, -0.15) is 0 Å². The Bertz CT molecular complexity index is 426. The van der Waals surface area contributed by atoms with Crippen LogP contribution in [0.15, 0.2) is 16.6 Å². The van der Waals surface area contributed by atoms with Crippen molar-refractivity contribution in [2.45, 2.75) is 6.54 Å². The minimum Gasteiger partial charge on any atom is -0.493 e. The van der Waals surface area contributed by atoms with E-state index in [1.807, 2.05) is 12.1 Å². The van der Waals surface area contributed by atoms with Gasteiger partial charge in [-0.25, -0.2) is 0 Å². The maximum absolute atomic E-state index is 10.9. The van der Waals surface area contributed by atoms with Crippen LogP contribution < -0.4 is 14.8 Å². The zero-order valence-electron chi connectivity index (χ0n) is 10.8. The summed E-state index contributed by atoms with van der Waals surface area (Å²) in [6.45, 7) is 1.44. The molecular formula is C12H18BrNO3S. The van der Waals surface area contributed by atoms with Crippen LogP contribution >= 0.6 is 15.9 Å². The van der Waals surface area contributed by atoms with Gasteiger partial charge in [-0.15, -0.1) is 0 Å². The van der Waals surface area contributed by atoms with E-state index >= 15 is 0 Å². The fourth-order valence-electron chi connectivity index (χ4n) is 1.52. The van der Waals surface area contributed by atoms with Crippen LogP contribution in [0.25, 0.3) is 0 Å². The van der Waals surface area contributed by atoms with Crippen molar-refractivity contribution in [3.63, 3.8) is 0 Å². The predicted octanol–water partition coefficient (Wildman–Crippen LogP) is 1.93. The van der Waals surface area contributed by atoms with Gasteiger partial charge in [0.15, 0.2) is 11.5 Å². The second-order valence-corrected chi connectivity index (χ2v) is 6.18. The summed E-state index contributed by atoms with van der Waals surface area (Å²) in [5.74, 6) is 2.05. The third kappa shape index (κ3) is 4.59. The average Bonchev–Trinajstić information content (AvgIpc) is 2.33. The molecule has 0 spiro atoms. The van der Waals surface area contributed by atoms with Crippen molar-refractivity contribution < 1.29 is 13.7 Å². The third-order valence-corrected chi connectivity index (χ3v) is 3.76. The standard InChI is InChI=1S/C12H18BrNO3S/c1-16-11-7-9(6-10(13)12(11)17-2)8-14-4-5-18(3)15/h6-7,14H,4-5,8H2,1-3H3. The molecule has 0 saturated heterocycles. The van der Waals surface area contributed by atoms with Crippen LogP contribution in [0.1, 0.15) is 5.56 Å². The highest BCUT2D eigenvalue weighted by molar-refractivity contribution is 9.10. The maximum Gasteiger partial charge on any atom is 0.174 e. The Kier molecular flexibility index (Phi) is 6.67. The summed E-state index contributed by atoms with van der Waals surface area (Å²) in [5, 5.41) is 3.24. The van der Waals surface area contributed by atoms with Gasteiger partial charge in [0.2, 0.25) is 0 Å². The summed E-state index contributed by atoms with van der Waals surface area (Å²) >= 11 is 3.45. The summed E-state index contributed by atoms with van der Waals surface area (Å²) in [4.78, 5) is 0. The first-order valence-electron chi connectivity index (χ1n) is 5.49. The molecule has 0 aliphatic rings. The smallest absolute Gasteiger partial charge is 0.174 e. The van der Waals surface area contributed by atoms with Crippen molar-refractivity contribution in [3.8, 4) is 11.5 Å². The molecule has 0 amide bonds. The molecule has 0 fully saturated rings. The highest BCUT2D eigenvalue weighted by atomic mass is 79.9. The van der Waals surface area contributed by atoms with E-state index in [4.69, 9.17) is 9.47 Å². The van der Waals surface area contributed by atoms with E-state index in [0.29, 0.717) is 23.8 Å². The molecule has 0 heterocycles. The van der Waals surface area contributed by atoms with E-state index < -0.39 is 10.8 Å². The van der Waals surface area contributed by atoms with E-state index in [1.54, 1.807) is 20.5 Å². The van der Waals surface area contributed by atoms with E-state index in [1.165, 1.54) is 0 Å². The number of hydrogen-bond acceptors (Lipinski definition) is 4. The van der Waals surface area contributed by atoms with E-state index in [-0.39, 0.29) is 0 Å². The number of benzene rings is 1. The molecule has 1 unspecified atom stereocenters. The van der Waals surface area contributed by atoms with Gasteiger partial charge in [0.05, 0.1) is 18.7 Å². The zero-order valence-corrected chi connectivity index (χ0v) is 13.2. The fraction of sp³-hybridized carbons (Fsp3) is 0.500. The lowest BCUT2D eigenvalue weighted by molar-refractivity contribution is 0.352. The molecule has 1 rings (SSSR count). The SMILES string of the molecule is COc1cc(CNCCS(C)=O)cc(Br)c1OC. The van der Waals surface area contributed by atoms with Gasteiger partial charge < -0.3 is 14.8 Å². The van der Waals surface area contributed by atoms with Crippen LogP contribution in [-0.4, -0.2) is 37.0 Å². The minimum atomic E-state index is -0.755. The molecule has 18 heavy (non-hydrogen) atoms. The lowest BCUT2D eigenvalue weighted by atomic mass is 10.2. The van der Waals surface area contributed by atoms with Crippen LogP contribution in [0.3, 0.4) is 0 Å². The van der Waals surface area contributed by atoms with Crippen LogP contribution in [-0.2, 0) is 17.3 Å². The number of hydrogen-bond donors (Lipinski definition) is 1. The first kappa shape index (κ1) is 15.5. The van der Waals surface area contributed by atoms with E-state index in [0.717, 1.165) is 16.6 Å². The molecule has 1 aromatic rings. The quantitative estimate of drug-likeness (QED) is 0.773. The highest BCUT2D eigenvalue weighted by Gasteiger charge is 2.10. The Balaban J connectivity index is 2.67. The van der Waals surface area contributed by atoms with Crippen LogP contribution in [0.4, 0.5) is 0 Å². The van der Waals surface area contributed by atoms with Crippen molar-refractivity contribution in [2.24, 2.45) is 0 Å². The Morgan fingerprint density at radius 1 is 1.33 bits per heavy atom. The van der Waals surface area contributed by atoms with Gasteiger partial charge in [0.25, 0.3) is 0 Å². The first-order valence-corrected chi connectivity index (χ1v) is 8.01. The summed E-state index contributed by atoms with van der Waals surface area (Å²) < 4.78 is 22.3. The molecule has 0 aliphatic carbocycles. The molecule has 1 aromatic carbocycles. The molecule has 6 heteroatoms. The van der Waals surface area contributed by atoms with Crippen molar-refractivity contribution >= 4 is 26.7 Å². The summed E-state index contributed by atoms with van der Waals surface area (Å²) in [6.07, 6.45) is 1.70. The molecule has 0 bridgehead atoms. The lowest BCUT2D eigenvalue weighted by Crippen LogP contribution is -2.19. The second-order valence-electron chi connectivity index (χ2n) is 3.77. The molecule has 0 aliphatic heterocycles. The van der Waals surface area contributed by atoms with Gasteiger partial charge in [0, 0.05) is 35.9 Å². The predicted molar refractivity (Wildman–Crippen MR) is 77.9 cm³/mol. The van der Waals surface area contributed by atoms with Crippen molar-refractivity contribution in [1.29, 1.82) is 0 Å². The van der Waals surface area contributed by atoms with E-state index in [2.05, 4.69) is 21.2 Å². The second kappa shape index (κ2) is 7.76. The number of rotatable bonds is 7. The summed E-state index contributed by atoms with van der Waals surface area (Å²) in [6, 6.07) is 3.91. The van der Waals surface area contributed by atoms with Gasteiger partial charge in [0.1, 0.15) is 0 Å². The summed E-state index contributed by atoms with van der Waals surface area (Å²) in [7, 11) is 2.47. The maximum atomic E-state index is 10.9. The van der Waals surface area contributed by atoms with Crippen molar-refractivity contribution in [2.75, 3.05) is 32.8 Å². The molecule has 102 valence electrons. The molecule has 1 N–H and O–H groups in total.